The van der Waals surface area contributed by atoms with Crippen molar-refractivity contribution in [2.75, 3.05) is 6.61 Å². The Labute approximate surface area is 113 Å². The van der Waals surface area contributed by atoms with Crippen molar-refractivity contribution in [3.05, 3.63) is 60.2 Å². The van der Waals surface area contributed by atoms with Crippen LogP contribution in [0.15, 0.2) is 54.6 Å². The van der Waals surface area contributed by atoms with Gasteiger partial charge in [0.25, 0.3) is 0 Å². The van der Waals surface area contributed by atoms with Gasteiger partial charge in [-0.05, 0) is 23.6 Å². The molecule has 1 N–H and O–H groups in total. The lowest BCUT2D eigenvalue weighted by atomic mass is 10.0. The number of hydrogen-bond acceptors (Lipinski definition) is 2. The second-order valence-electron chi connectivity index (χ2n) is 4.20. The molecule has 0 fully saturated rings. The molecule has 0 unspecified atom stereocenters. The minimum Gasteiger partial charge on any atom is -0.274 e. The molecule has 1 amide bonds. The van der Waals surface area contributed by atoms with Gasteiger partial charge in [0.15, 0.2) is 0 Å². The van der Waals surface area contributed by atoms with E-state index in [2.05, 4.69) is 17.6 Å². The average molecular weight is 255 g/mol. The van der Waals surface area contributed by atoms with Crippen LogP contribution < -0.4 is 5.48 Å². The Balaban J connectivity index is 2.01. The van der Waals surface area contributed by atoms with Crippen molar-refractivity contribution < 1.29 is 9.63 Å². The second-order valence-corrected chi connectivity index (χ2v) is 4.20. The molecule has 0 aliphatic heterocycles. The Morgan fingerprint density at radius 3 is 2.26 bits per heavy atom. The predicted octanol–water partition coefficient (Wildman–Crippen LogP) is 2.96. The fourth-order valence-electron chi connectivity index (χ4n) is 1.82. The molecule has 2 aromatic rings. The van der Waals surface area contributed by atoms with Crippen LogP contribution in [0.4, 0.5) is 0 Å². The van der Waals surface area contributed by atoms with Crippen LogP contribution in [-0.4, -0.2) is 12.5 Å². The van der Waals surface area contributed by atoms with Crippen LogP contribution in [0.25, 0.3) is 11.1 Å². The maximum absolute atomic E-state index is 11.5. The third-order valence-corrected chi connectivity index (χ3v) is 2.76. The van der Waals surface area contributed by atoms with Crippen LogP contribution in [0.1, 0.15) is 12.5 Å². The summed E-state index contributed by atoms with van der Waals surface area (Å²) in [5.74, 6) is -0.130. The fourth-order valence-corrected chi connectivity index (χ4v) is 1.82. The molecule has 0 spiro atoms. The van der Waals surface area contributed by atoms with Gasteiger partial charge in [0.1, 0.15) is 0 Å². The molecular weight excluding hydrogens is 238 g/mol. The van der Waals surface area contributed by atoms with Crippen molar-refractivity contribution in [2.24, 2.45) is 0 Å². The number of hydroxylamine groups is 1. The number of amides is 1. The van der Waals surface area contributed by atoms with Crippen molar-refractivity contribution in [3.63, 3.8) is 0 Å². The summed E-state index contributed by atoms with van der Waals surface area (Å²) in [7, 11) is 0. The van der Waals surface area contributed by atoms with E-state index >= 15 is 0 Å². The van der Waals surface area contributed by atoms with Gasteiger partial charge in [-0.15, -0.1) is 0 Å². The highest BCUT2D eigenvalue weighted by molar-refractivity contribution is 5.77. The molecule has 19 heavy (non-hydrogen) atoms. The summed E-state index contributed by atoms with van der Waals surface area (Å²) in [5.41, 5.74) is 5.68. The Hall–Kier alpha value is -2.13. The molecule has 0 radical (unpaired) electrons. The first-order valence-electron chi connectivity index (χ1n) is 6.34. The van der Waals surface area contributed by atoms with Crippen LogP contribution in [0.5, 0.6) is 0 Å². The number of carbonyl (C=O) groups is 1. The van der Waals surface area contributed by atoms with E-state index in [4.69, 9.17) is 4.84 Å². The molecule has 0 bridgehead atoms. The fraction of sp³-hybridized carbons (Fsp3) is 0.188. The molecular formula is C16H17NO2. The summed E-state index contributed by atoms with van der Waals surface area (Å²) in [6.07, 6.45) is 0.328. The van der Waals surface area contributed by atoms with Crippen molar-refractivity contribution in [2.45, 2.75) is 13.3 Å². The lowest BCUT2D eigenvalue weighted by Gasteiger charge is -2.05. The number of nitrogens with one attached hydrogen (secondary N) is 1. The summed E-state index contributed by atoms with van der Waals surface area (Å²) in [4.78, 5) is 16.4. The van der Waals surface area contributed by atoms with E-state index in [1.54, 1.807) is 0 Å². The monoisotopic (exact) mass is 255 g/mol. The van der Waals surface area contributed by atoms with Crippen LogP contribution in [0, 0.1) is 0 Å². The Morgan fingerprint density at radius 1 is 1.00 bits per heavy atom. The molecule has 2 rings (SSSR count). The highest BCUT2D eigenvalue weighted by atomic mass is 16.6. The zero-order valence-corrected chi connectivity index (χ0v) is 10.9. The maximum atomic E-state index is 11.5. The number of hydrogen-bond donors (Lipinski definition) is 1. The summed E-state index contributed by atoms with van der Waals surface area (Å²) >= 11 is 0. The second kappa shape index (κ2) is 6.71. The highest BCUT2D eigenvalue weighted by Gasteiger charge is 2.03. The standard InChI is InChI=1S/C16H17NO2/c1-2-19-17-16(18)12-13-8-10-15(11-9-13)14-6-4-3-5-7-14/h3-11H,2,12H2,1H3,(H,17,18). The van der Waals surface area contributed by atoms with Gasteiger partial charge in [-0.3, -0.25) is 9.63 Å². The first-order valence-corrected chi connectivity index (χ1v) is 6.34. The van der Waals surface area contributed by atoms with Crippen LogP contribution in [-0.2, 0) is 16.1 Å². The molecule has 0 saturated heterocycles. The van der Waals surface area contributed by atoms with Gasteiger partial charge in [0, 0.05) is 0 Å². The predicted molar refractivity (Wildman–Crippen MR) is 75.4 cm³/mol. The lowest BCUT2D eigenvalue weighted by Crippen LogP contribution is -2.25. The largest absolute Gasteiger partial charge is 0.274 e. The van der Waals surface area contributed by atoms with E-state index < -0.39 is 0 Å². The third kappa shape index (κ3) is 3.93. The molecule has 0 aliphatic carbocycles. The van der Waals surface area contributed by atoms with E-state index in [9.17, 15) is 4.79 Å². The van der Waals surface area contributed by atoms with E-state index in [-0.39, 0.29) is 5.91 Å². The van der Waals surface area contributed by atoms with E-state index in [0.717, 1.165) is 11.1 Å². The van der Waals surface area contributed by atoms with Crippen LogP contribution in [0.2, 0.25) is 0 Å². The molecule has 3 nitrogen and oxygen atoms in total. The third-order valence-electron chi connectivity index (χ3n) is 2.76. The summed E-state index contributed by atoms with van der Waals surface area (Å²) in [5, 5.41) is 0. The zero-order valence-electron chi connectivity index (χ0n) is 10.9. The minimum absolute atomic E-state index is 0.130. The normalized spacial score (nSPS) is 10.2. The Bertz CT molecular complexity index is 520. The molecule has 0 aliphatic rings. The van der Waals surface area contributed by atoms with Crippen molar-refractivity contribution >= 4 is 5.91 Å². The van der Waals surface area contributed by atoms with Crippen molar-refractivity contribution in [1.82, 2.24) is 5.48 Å². The number of benzene rings is 2. The van der Waals surface area contributed by atoms with Crippen LogP contribution in [0.3, 0.4) is 0 Å². The minimum atomic E-state index is -0.130. The van der Waals surface area contributed by atoms with Crippen molar-refractivity contribution in [3.8, 4) is 11.1 Å². The number of carbonyl (C=O) groups excluding carboxylic acids is 1. The lowest BCUT2D eigenvalue weighted by molar-refractivity contribution is -0.132. The smallest absolute Gasteiger partial charge is 0.247 e. The Kier molecular flexibility index (Phi) is 4.70. The molecule has 0 aromatic heterocycles. The van der Waals surface area contributed by atoms with Crippen molar-refractivity contribution in [1.29, 1.82) is 0 Å². The zero-order chi connectivity index (χ0) is 13.5. The van der Waals surface area contributed by atoms with Gasteiger partial charge in [0.05, 0.1) is 13.0 Å². The van der Waals surface area contributed by atoms with E-state index in [1.807, 2.05) is 49.4 Å². The van der Waals surface area contributed by atoms with E-state index in [1.165, 1.54) is 5.56 Å². The van der Waals surface area contributed by atoms with E-state index in [0.29, 0.717) is 13.0 Å². The molecule has 2 aromatic carbocycles. The Morgan fingerprint density at radius 2 is 1.63 bits per heavy atom. The van der Waals surface area contributed by atoms with Gasteiger partial charge < -0.3 is 0 Å². The first kappa shape index (κ1) is 13.3. The van der Waals surface area contributed by atoms with Gasteiger partial charge in [-0.25, -0.2) is 5.48 Å². The highest BCUT2D eigenvalue weighted by Crippen LogP contribution is 2.19. The van der Waals surface area contributed by atoms with Gasteiger partial charge in [0.2, 0.25) is 5.91 Å². The summed E-state index contributed by atoms with van der Waals surface area (Å²) in [6, 6.07) is 18.1. The maximum Gasteiger partial charge on any atom is 0.247 e. The quantitative estimate of drug-likeness (QED) is 0.834. The number of rotatable bonds is 5. The molecule has 0 saturated carbocycles. The molecule has 3 heteroatoms. The van der Waals surface area contributed by atoms with Gasteiger partial charge >= 0.3 is 0 Å². The molecule has 98 valence electrons. The molecule has 0 atom stereocenters. The average Bonchev–Trinajstić information content (AvgIpc) is 2.47. The molecule has 0 heterocycles. The van der Waals surface area contributed by atoms with Gasteiger partial charge in [-0.2, -0.15) is 0 Å². The topological polar surface area (TPSA) is 38.3 Å². The first-order chi connectivity index (χ1) is 9.29. The van der Waals surface area contributed by atoms with Crippen LogP contribution >= 0.6 is 0 Å². The summed E-state index contributed by atoms with van der Waals surface area (Å²) < 4.78 is 0. The van der Waals surface area contributed by atoms with Gasteiger partial charge in [-0.1, -0.05) is 54.6 Å². The SMILES string of the molecule is CCONC(=O)Cc1ccc(-c2ccccc2)cc1. The summed E-state index contributed by atoms with van der Waals surface area (Å²) in [6.45, 7) is 2.30.